The zero-order valence-electron chi connectivity index (χ0n) is 26.9. The molecule has 0 aromatic heterocycles. The number of aliphatic hydroxyl groups is 5. The van der Waals surface area contributed by atoms with Crippen molar-refractivity contribution in [1.82, 2.24) is 10.4 Å². The second-order valence-corrected chi connectivity index (χ2v) is 14.3. The molecular formula is C34H44N2O13. The Morgan fingerprint density at radius 2 is 1.71 bits per heavy atom. The largest absolute Gasteiger partial charge is 0.458 e. The molecule has 11 unspecified atom stereocenters. The lowest BCUT2D eigenvalue weighted by Crippen LogP contribution is -2.69. The first-order chi connectivity index (χ1) is 23.7. The summed E-state index contributed by atoms with van der Waals surface area (Å²) < 4.78 is 30.5. The third-order valence-electron chi connectivity index (χ3n) is 11.1. The summed E-state index contributed by atoms with van der Waals surface area (Å²) in [6.45, 7) is -0.526. The lowest BCUT2D eigenvalue weighted by Gasteiger charge is -2.48. The van der Waals surface area contributed by atoms with Crippen molar-refractivity contribution in [3.63, 3.8) is 0 Å². The minimum absolute atomic E-state index is 0.0232. The SMILES string of the molecule is O=C1OC2CC3(C(=O)NCCO)C(ON(Cc4ccc(C=CCOC5OC(CO)C(O)C(O)C5O)cc4)C13)C1OC(C3CC3)(C3CC3)OC21. The molecule has 7 fully saturated rings. The van der Waals surface area contributed by atoms with Crippen molar-refractivity contribution in [1.29, 1.82) is 0 Å². The number of nitrogens with one attached hydrogen (secondary N) is 1. The average Bonchev–Trinajstić information content (AvgIpc) is 4.05. The minimum Gasteiger partial charge on any atom is -0.458 e. The van der Waals surface area contributed by atoms with Gasteiger partial charge in [-0.2, -0.15) is 5.06 Å². The number of benzene rings is 1. The normalized spacial score (nSPS) is 41.1. The van der Waals surface area contributed by atoms with Crippen molar-refractivity contribution < 1.29 is 63.6 Å². The highest BCUT2D eigenvalue weighted by atomic mass is 16.8. The summed E-state index contributed by atoms with van der Waals surface area (Å²) in [5, 5.41) is 53.2. The van der Waals surface area contributed by atoms with Crippen LogP contribution in [-0.2, 0) is 44.7 Å². The van der Waals surface area contributed by atoms with E-state index >= 15 is 0 Å². The maximum absolute atomic E-state index is 14.0. The lowest BCUT2D eigenvalue weighted by atomic mass is 9.62. The summed E-state index contributed by atoms with van der Waals surface area (Å²) >= 11 is 0. The number of nitrogens with zero attached hydrogens (tertiary/aromatic N) is 1. The molecule has 2 bridgehead atoms. The average molecular weight is 689 g/mol. The molecular weight excluding hydrogens is 644 g/mol. The fourth-order valence-corrected chi connectivity index (χ4v) is 8.45. The Morgan fingerprint density at radius 3 is 2.39 bits per heavy atom. The molecule has 4 heterocycles. The molecule has 4 saturated heterocycles. The van der Waals surface area contributed by atoms with Crippen LogP contribution >= 0.6 is 0 Å². The topological polar surface area (TPSA) is 206 Å². The highest BCUT2D eigenvalue weighted by Crippen LogP contribution is 2.63. The van der Waals surface area contributed by atoms with Crippen molar-refractivity contribution >= 4 is 18.0 Å². The summed E-state index contributed by atoms with van der Waals surface area (Å²) in [6.07, 6.45) is -1.53. The fourth-order valence-electron chi connectivity index (χ4n) is 8.45. The van der Waals surface area contributed by atoms with Gasteiger partial charge in [0.1, 0.15) is 54.2 Å². The van der Waals surface area contributed by atoms with E-state index in [2.05, 4.69) is 5.32 Å². The number of aliphatic hydroxyl groups excluding tert-OH is 5. The van der Waals surface area contributed by atoms with Gasteiger partial charge in [-0.1, -0.05) is 36.4 Å². The van der Waals surface area contributed by atoms with E-state index in [4.69, 9.17) is 28.5 Å². The van der Waals surface area contributed by atoms with Crippen LogP contribution in [0.5, 0.6) is 0 Å². The van der Waals surface area contributed by atoms with Crippen LogP contribution in [0.1, 0.15) is 43.2 Å². The molecule has 49 heavy (non-hydrogen) atoms. The monoisotopic (exact) mass is 688 g/mol. The first-order valence-corrected chi connectivity index (χ1v) is 17.3. The predicted octanol–water partition coefficient (Wildman–Crippen LogP) is -1.27. The zero-order valence-corrected chi connectivity index (χ0v) is 26.9. The number of hydroxylamine groups is 2. The van der Waals surface area contributed by atoms with Gasteiger partial charge in [-0.25, -0.2) is 0 Å². The highest BCUT2D eigenvalue weighted by molar-refractivity contribution is 5.93. The van der Waals surface area contributed by atoms with Crippen LogP contribution in [0.3, 0.4) is 0 Å². The van der Waals surface area contributed by atoms with Gasteiger partial charge in [-0.3, -0.25) is 14.4 Å². The van der Waals surface area contributed by atoms with E-state index in [1.165, 1.54) is 0 Å². The first kappa shape index (κ1) is 33.6. The van der Waals surface area contributed by atoms with Crippen molar-refractivity contribution in [3.05, 3.63) is 41.5 Å². The van der Waals surface area contributed by atoms with Crippen LogP contribution in [-0.4, -0.2) is 136 Å². The molecule has 268 valence electrons. The fraction of sp³-hybridized carbons (Fsp3) is 0.706. The van der Waals surface area contributed by atoms with Crippen LogP contribution in [0.15, 0.2) is 30.3 Å². The van der Waals surface area contributed by atoms with E-state index in [9.17, 15) is 35.1 Å². The van der Waals surface area contributed by atoms with Gasteiger partial charge in [-0.15, -0.1) is 0 Å². The molecule has 15 heteroatoms. The predicted molar refractivity (Wildman–Crippen MR) is 164 cm³/mol. The van der Waals surface area contributed by atoms with E-state index in [1.54, 1.807) is 17.2 Å². The molecule has 0 spiro atoms. The van der Waals surface area contributed by atoms with Crippen molar-refractivity contribution in [2.75, 3.05) is 26.4 Å². The van der Waals surface area contributed by atoms with Crippen LogP contribution in [0.4, 0.5) is 0 Å². The minimum atomic E-state index is -1.52. The van der Waals surface area contributed by atoms with Gasteiger partial charge < -0.3 is 54.5 Å². The van der Waals surface area contributed by atoms with E-state index in [0.29, 0.717) is 0 Å². The lowest BCUT2D eigenvalue weighted by molar-refractivity contribution is -0.298. The second-order valence-electron chi connectivity index (χ2n) is 14.3. The third-order valence-corrected chi connectivity index (χ3v) is 11.1. The summed E-state index contributed by atoms with van der Waals surface area (Å²) in [5.74, 6) is -1.10. The molecule has 3 aliphatic carbocycles. The van der Waals surface area contributed by atoms with Crippen LogP contribution in [0, 0.1) is 17.3 Å². The van der Waals surface area contributed by atoms with Crippen LogP contribution in [0.25, 0.3) is 6.08 Å². The van der Waals surface area contributed by atoms with E-state index in [0.717, 1.165) is 36.8 Å². The number of carbonyl (C=O) groups excluding carboxylic acids is 2. The third kappa shape index (κ3) is 5.63. The quantitative estimate of drug-likeness (QED) is 0.142. The molecule has 6 N–H and O–H groups in total. The van der Waals surface area contributed by atoms with E-state index in [-0.39, 0.29) is 50.5 Å². The Labute approximate surface area is 282 Å². The Balaban J connectivity index is 0.970. The molecule has 1 amide bonds. The summed E-state index contributed by atoms with van der Waals surface area (Å²) in [7, 11) is 0. The Bertz CT molecular complexity index is 1420. The smallest absolute Gasteiger partial charge is 0.327 e. The van der Waals surface area contributed by atoms with E-state index < -0.39 is 84.9 Å². The molecule has 1 aromatic rings. The number of carbonyl (C=O) groups is 2. The number of esters is 1. The second kappa shape index (κ2) is 12.9. The molecule has 15 nitrogen and oxygen atoms in total. The summed E-state index contributed by atoms with van der Waals surface area (Å²) in [5.41, 5.74) is 0.361. The van der Waals surface area contributed by atoms with Gasteiger partial charge in [0.05, 0.1) is 26.4 Å². The maximum Gasteiger partial charge on any atom is 0.327 e. The Kier molecular flexibility index (Phi) is 8.84. The highest BCUT2D eigenvalue weighted by Gasteiger charge is 2.78. The number of fused-ring (bicyclic) bond motifs is 4. The van der Waals surface area contributed by atoms with Gasteiger partial charge in [0.25, 0.3) is 0 Å². The van der Waals surface area contributed by atoms with Crippen molar-refractivity contribution in [3.8, 4) is 0 Å². The van der Waals surface area contributed by atoms with Crippen molar-refractivity contribution in [2.24, 2.45) is 17.3 Å². The number of hydrogen-bond acceptors (Lipinski definition) is 14. The number of ether oxygens (including phenoxy) is 5. The number of amides is 1. The molecule has 0 radical (unpaired) electrons. The van der Waals surface area contributed by atoms with Gasteiger partial charge in [-0.05, 0) is 36.8 Å². The standard InChI is InChI=1S/C34H44N2O13/c37-12-11-35-32(43)33-14-21-26-27(48-34(47-26,19-7-8-19)20-9-10-20)29(33)49-36(28(33)30(42)45-21)15-18-5-3-17(4-6-18)2-1-13-44-31-25(41)24(40)23(39)22(16-38)46-31/h1-6,19-29,31,37-41H,7-16H2,(H,35,43). The van der Waals surface area contributed by atoms with Crippen LogP contribution in [0.2, 0.25) is 0 Å². The molecule has 4 aliphatic heterocycles. The summed E-state index contributed by atoms with van der Waals surface area (Å²) in [6, 6.07) is 6.47. The number of hydrogen-bond donors (Lipinski definition) is 6. The summed E-state index contributed by atoms with van der Waals surface area (Å²) in [4.78, 5) is 34.3. The van der Waals surface area contributed by atoms with Crippen molar-refractivity contribution in [2.45, 2.75) is 106 Å². The molecule has 1 aromatic carbocycles. The zero-order chi connectivity index (χ0) is 34.1. The molecule has 11 atom stereocenters. The number of rotatable bonds is 12. The van der Waals surface area contributed by atoms with Crippen LogP contribution < -0.4 is 5.32 Å². The molecule has 7 aliphatic rings. The molecule has 8 rings (SSSR count). The van der Waals surface area contributed by atoms with E-state index in [1.807, 2.05) is 24.3 Å². The first-order valence-electron chi connectivity index (χ1n) is 17.3. The Morgan fingerprint density at radius 1 is 1.00 bits per heavy atom. The Hall–Kier alpha value is -2.54. The van der Waals surface area contributed by atoms with Gasteiger partial charge >= 0.3 is 5.97 Å². The van der Waals surface area contributed by atoms with Gasteiger partial charge in [0.2, 0.25) is 5.91 Å². The molecule has 3 saturated carbocycles. The van der Waals surface area contributed by atoms with Gasteiger partial charge in [0, 0.05) is 24.8 Å². The maximum atomic E-state index is 14.0. The van der Waals surface area contributed by atoms with Gasteiger partial charge in [0.15, 0.2) is 18.1 Å².